The number of anilines is 1. The third-order valence-electron chi connectivity index (χ3n) is 7.20. The van der Waals surface area contributed by atoms with Gasteiger partial charge in [0.05, 0.1) is 29.3 Å². The Morgan fingerprint density at radius 3 is 2.69 bits per heavy atom. The van der Waals surface area contributed by atoms with Gasteiger partial charge in [0.15, 0.2) is 5.60 Å². The second-order valence-corrected chi connectivity index (χ2v) is 10.1. The minimum Gasteiger partial charge on any atom is -0.380 e. The van der Waals surface area contributed by atoms with Crippen LogP contribution in [0.5, 0.6) is 0 Å². The third kappa shape index (κ3) is 4.03. The van der Waals surface area contributed by atoms with Gasteiger partial charge in [-0.3, -0.25) is 14.8 Å². The van der Waals surface area contributed by atoms with Crippen LogP contribution in [0, 0.1) is 5.92 Å². The Labute approximate surface area is 199 Å². The van der Waals surface area contributed by atoms with Gasteiger partial charge in [-0.25, -0.2) is 4.79 Å². The number of rotatable bonds is 4. The molecular formula is C23H28F3N7O2. The van der Waals surface area contributed by atoms with Gasteiger partial charge in [0.2, 0.25) is 0 Å². The molecule has 2 aliphatic rings. The summed E-state index contributed by atoms with van der Waals surface area (Å²) >= 11 is 0. The zero-order valence-corrected chi connectivity index (χ0v) is 19.6. The number of piperidine rings is 1. The maximum Gasteiger partial charge on any atom is 0.417 e. The number of H-pyrrole nitrogens is 1. The summed E-state index contributed by atoms with van der Waals surface area (Å²) < 4.78 is 42.4. The second kappa shape index (κ2) is 8.21. The maximum atomic E-state index is 13.5. The van der Waals surface area contributed by atoms with E-state index in [4.69, 9.17) is 0 Å². The fraction of sp³-hybridized carbons (Fsp3) is 0.565. The number of halogens is 3. The van der Waals surface area contributed by atoms with Gasteiger partial charge in [-0.1, -0.05) is 13.8 Å². The number of aromatic amines is 1. The van der Waals surface area contributed by atoms with Crippen LogP contribution >= 0.6 is 0 Å². The van der Waals surface area contributed by atoms with Gasteiger partial charge in [0, 0.05) is 43.1 Å². The van der Waals surface area contributed by atoms with Crippen LogP contribution in [-0.2, 0) is 6.54 Å². The van der Waals surface area contributed by atoms with Crippen molar-refractivity contribution >= 4 is 22.6 Å². The number of aromatic nitrogens is 5. The van der Waals surface area contributed by atoms with Crippen LogP contribution < -0.4 is 5.32 Å². The van der Waals surface area contributed by atoms with Gasteiger partial charge >= 0.3 is 12.2 Å². The average molecular weight is 492 g/mol. The highest BCUT2D eigenvalue weighted by molar-refractivity contribution is 5.94. The fourth-order valence-electron chi connectivity index (χ4n) is 5.21. The molecule has 1 saturated carbocycles. The average Bonchev–Trinajstić information content (AvgIpc) is 3.38. The van der Waals surface area contributed by atoms with E-state index < -0.39 is 36.2 Å². The molecule has 35 heavy (non-hydrogen) atoms. The first-order valence-corrected chi connectivity index (χ1v) is 11.7. The number of nitrogens with zero attached hydrogens (tertiary/aromatic N) is 5. The molecule has 1 aliphatic carbocycles. The molecule has 4 heterocycles. The summed E-state index contributed by atoms with van der Waals surface area (Å²) in [5.41, 5.74) is -1.46. The molecule has 0 bridgehead atoms. The van der Waals surface area contributed by atoms with Crippen LogP contribution in [0.15, 0.2) is 24.7 Å². The number of urea groups is 1. The molecule has 1 spiro atoms. The van der Waals surface area contributed by atoms with E-state index in [-0.39, 0.29) is 6.54 Å². The van der Waals surface area contributed by atoms with Crippen LogP contribution in [0.25, 0.3) is 22.3 Å². The lowest BCUT2D eigenvalue weighted by Gasteiger charge is -2.57. The fourth-order valence-corrected chi connectivity index (χ4v) is 5.21. The van der Waals surface area contributed by atoms with E-state index in [1.54, 1.807) is 12.4 Å². The summed E-state index contributed by atoms with van der Waals surface area (Å²) in [6.07, 6.45) is 0.673. The van der Waals surface area contributed by atoms with Crippen molar-refractivity contribution in [1.29, 1.82) is 0 Å². The van der Waals surface area contributed by atoms with Crippen molar-refractivity contribution in [2.45, 2.75) is 69.8 Å². The molecule has 1 atom stereocenters. The predicted molar refractivity (Wildman–Crippen MR) is 122 cm³/mol. The quantitative estimate of drug-likeness (QED) is 0.503. The number of hydrogen-bond donors (Lipinski definition) is 3. The Hall–Kier alpha value is -3.15. The number of pyridine rings is 1. The standard InChI is InChI=1S/C23H28F3N7O2/c1-14(2)12-33-18-8-16(27-9-15(18)10-29-33)19-17(11-28-31-19)30-20(34)32-7-6-22(35,23(24,25)26)13-21(32)4-3-5-21/h8-11,14,35H,3-7,12-13H2,1-2H3,(H,28,31)(H,30,34). The Morgan fingerprint density at radius 2 is 2.03 bits per heavy atom. The highest BCUT2D eigenvalue weighted by Gasteiger charge is 2.63. The predicted octanol–water partition coefficient (Wildman–Crippen LogP) is 4.32. The monoisotopic (exact) mass is 491 g/mol. The first-order chi connectivity index (χ1) is 16.5. The molecule has 188 valence electrons. The molecule has 2 fully saturated rings. The number of alkyl halides is 3. The Balaban J connectivity index is 1.39. The molecule has 1 aliphatic heterocycles. The van der Waals surface area contributed by atoms with E-state index in [1.807, 2.05) is 10.7 Å². The van der Waals surface area contributed by atoms with Gasteiger partial charge in [-0.15, -0.1) is 0 Å². The molecule has 0 radical (unpaired) electrons. The lowest BCUT2D eigenvalue weighted by molar-refractivity contribution is -0.286. The van der Waals surface area contributed by atoms with Gasteiger partial charge in [0.25, 0.3) is 0 Å². The summed E-state index contributed by atoms with van der Waals surface area (Å²) in [4.78, 5) is 19.2. The summed E-state index contributed by atoms with van der Waals surface area (Å²) in [5, 5.41) is 25.3. The van der Waals surface area contributed by atoms with Crippen molar-refractivity contribution in [3.8, 4) is 11.4 Å². The normalized spacial score (nSPS) is 22.1. The molecule has 1 unspecified atom stereocenters. The van der Waals surface area contributed by atoms with Crippen molar-refractivity contribution in [1.82, 2.24) is 29.9 Å². The molecule has 3 aromatic rings. The highest BCUT2D eigenvalue weighted by atomic mass is 19.4. The summed E-state index contributed by atoms with van der Waals surface area (Å²) in [7, 11) is 0. The summed E-state index contributed by atoms with van der Waals surface area (Å²) in [6, 6.07) is 1.36. The lowest BCUT2D eigenvalue weighted by atomic mass is 9.65. The van der Waals surface area contributed by atoms with E-state index in [1.165, 1.54) is 11.1 Å². The number of likely N-dealkylation sites (tertiary alicyclic amines) is 1. The molecule has 5 rings (SSSR count). The summed E-state index contributed by atoms with van der Waals surface area (Å²) in [5.74, 6) is 0.398. The number of aliphatic hydroxyl groups is 1. The number of carbonyl (C=O) groups is 1. The van der Waals surface area contributed by atoms with Crippen molar-refractivity contribution < 1.29 is 23.1 Å². The number of nitrogens with one attached hydrogen (secondary N) is 2. The molecule has 2 amide bonds. The Kier molecular flexibility index (Phi) is 5.53. The zero-order valence-electron chi connectivity index (χ0n) is 19.6. The maximum absolute atomic E-state index is 13.5. The van der Waals surface area contributed by atoms with Gasteiger partial charge in [-0.05, 0) is 31.2 Å². The number of amides is 2. The zero-order chi connectivity index (χ0) is 25.0. The van der Waals surface area contributed by atoms with E-state index in [2.05, 4.69) is 39.4 Å². The number of fused-ring (bicyclic) bond motifs is 1. The molecule has 3 aromatic heterocycles. The molecule has 9 nitrogen and oxygen atoms in total. The first kappa shape index (κ1) is 23.6. The minimum atomic E-state index is -4.73. The Morgan fingerprint density at radius 1 is 1.26 bits per heavy atom. The number of carbonyl (C=O) groups excluding carboxylic acids is 1. The van der Waals surface area contributed by atoms with Crippen LogP contribution in [0.2, 0.25) is 0 Å². The van der Waals surface area contributed by atoms with Gasteiger partial charge < -0.3 is 15.3 Å². The molecular weight excluding hydrogens is 463 g/mol. The molecule has 3 N–H and O–H groups in total. The van der Waals surface area contributed by atoms with Crippen LogP contribution in [0.1, 0.15) is 46.0 Å². The lowest BCUT2D eigenvalue weighted by Crippen LogP contribution is -2.67. The highest BCUT2D eigenvalue weighted by Crippen LogP contribution is 2.52. The third-order valence-corrected chi connectivity index (χ3v) is 7.20. The van der Waals surface area contributed by atoms with Crippen LogP contribution in [-0.4, -0.2) is 64.9 Å². The van der Waals surface area contributed by atoms with Crippen molar-refractivity contribution in [3.63, 3.8) is 0 Å². The molecule has 1 saturated heterocycles. The van der Waals surface area contributed by atoms with Crippen LogP contribution in [0.3, 0.4) is 0 Å². The largest absolute Gasteiger partial charge is 0.417 e. The topological polar surface area (TPSA) is 112 Å². The van der Waals surface area contributed by atoms with Gasteiger partial charge in [0.1, 0.15) is 5.69 Å². The smallest absolute Gasteiger partial charge is 0.380 e. The Bertz CT molecular complexity index is 1250. The van der Waals surface area contributed by atoms with E-state index in [0.717, 1.165) is 17.4 Å². The first-order valence-electron chi connectivity index (χ1n) is 11.7. The van der Waals surface area contributed by atoms with Gasteiger partial charge in [-0.2, -0.15) is 23.4 Å². The van der Waals surface area contributed by atoms with E-state index in [0.29, 0.717) is 42.3 Å². The second-order valence-electron chi connectivity index (χ2n) is 10.1. The van der Waals surface area contributed by atoms with Crippen molar-refractivity contribution in [2.75, 3.05) is 11.9 Å². The number of hydrogen-bond acceptors (Lipinski definition) is 5. The molecule has 0 aromatic carbocycles. The van der Waals surface area contributed by atoms with E-state index >= 15 is 0 Å². The van der Waals surface area contributed by atoms with Crippen molar-refractivity contribution in [2.24, 2.45) is 5.92 Å². The minimum absolute atomic E-state index is 0.187. The van der Waals surface area contributed by atoms with Crippen molar-refractivity contribution in [3.05, 3.63) is 24.7 Å². The molecule has 12 heteroatoms. The van der Waals surface area contributed by atoms with Crippen LogP contribution in [0.4, 0.5) is 23.7 Å². The summed E-state index contributed by atoms with van der Waals surface area (Å²) in [6.45, 7) is 4.75. The van der Waals surface area contributed by atoms with E-state index in [9.17, 15) is 23.1 Å². The SMILES string of the molecule is CC(C)Cn1ncc2cnc(-c3[nH]ncc3NC(=O)N3CCC(O)(C(F)(F)F)CC34CCC4)cc21.